The zero-order valence-electron chi connectivity index (χ0n) is 12.5. The van der Waals surface area contributed by atoms with Gasteiger partial charge >= 0.3 is 11.9 Å². The van der Waals surface area contributed by atoms with Crippen molar-refractivity contribution < 1.29 is 28.9 Å². The summed E-state index contributed by atoms with van der Waals surface area (Å²) in [6.45, 7) is -0.291. The minimum absolute atomic E-state index is 0.0523. The molecule has 1 aromatic carbocycles. The van der Waals surface area contributed by atoms with Gasteiger partial charge in [0.2, 0.25) is 0 Å². The maximum absolute atomic E-state index is 12.1. The average Bonchev–Trinajstić information content (AvgIpc) is 2.59. The summed E-state index contributed by atoms with van der Waals surface area (Å²) in [5.74, 6) is -1.80. The lowest BCUT2D eigenvalue weighted by Crippen LogP contribution is -2.39. The maximum Gasteiger partial charge on any atom is 0.355 e. The molecule has 0 fully saturated rings. The predicted molar refractivity (Wildman–Crippen MR) is 77.2 cm³/mol. The molecule has 1 heterocycles. The van der Waals surface area contributed by atoms with E-state index in [0.29, 0.717) is 0 Å². The third kappa shape index (κ3) is 2.95. The van der Waals surface area contributed by atoms with E-state index in [1.807, 2.05) is 6.07 Å². The average molecular weight is 318 g/mol. The number of phenolic OH excluding ortho intramolecular Hbond substituents is 1. The highest BCUT2D eigenvalue weighted by Gasteiger charge is 2.34. The van der Waals surface area contributed by atoms with Gasteiger partial charge in [-0.3, -0.25) is 0 Å². The van der Waals surface area contributed by atoms with E-state index in [4.69, 9.17) is 9.47 Å². The number of ether oxygens (including phenoxy) is 3. The molecule has 0 atom stereocenters. The van der Waals surface area contributed by atoms with E-state index in [0.717, 1.165) is 7.11 Å². The van der Waals surface area contributed by atoms with Crippen molar-refractivity contribution in [1.82, 2.24) is 0 Å². The fourth-order valence-electron chi connectivity index (χ4n) is 2.23. The lowest BCUT2D eigenvalue weighted by molar-refractivity contribution is -0.140. The number of carbonyl (C=O) groups is 2. The van der Waals surface area contributed by atoms with E-state index in [2.05, 4.69) is 4.74 Å². The number of methoxy groups -OCH3 is 2. The van der Waals surface area contributed by atoms with Crippen LogP contribution in [0.1, 0.15) is 5.56 Å². The van der Waals surface area contributed by atoms with Gasteiger partial charge in [-0.15, -0.1) is 0 Å². The number of rotatable bonds is 3. The molecule has 1 N–H and O–H groups in total. The number of hydrogen-bond acceptors (Lipinski definition) is 8. The van der Waals surface area contributed by atoms with Gasteiger partial charge in [-0.1, -0.05) is 6.07 Å². The van der Waals surface area contributed by atoms with Gasteiger partial charge in [0.05, 0.1) is 32.0 Å². The molecule has 0 amide bonds. The van der Waals surface area contributed by atoms with Crippen molar-refractivity contribution in [3.05, 3.63) is 35.0 Å². The van der Waals surface area contributed by atoms with Gasteiger partial charge in [0.25, 0.3) is 0 Å². The molecular formula is C15H14N2O6. The number of nitrogens with zero attached hydrogens (tertiary/aromatic N) is 2. The summed E-state index contributed by atoms with van der Waals surface area (Å²) < 4.78 is 14.7. The third-order valence-corrected chi connectivity index (χ3v) is 3.24. The van der Waals surface area contributed by atoms with Crippen LogP contribution in [-0.2, 0) is 23.8 Å². The Bertz CT molecular complexity index is 719. The predicted octanol–water partition coefficient (Wildman–Crippen LogP) is 0.658. The Kier molecular flexibility index (Phi) is 4.83. The number of esters is 2. The Hall–Kier alpha value is -3.05. The SMILES string of the molecule is COC(=O)C1=C(C(=O)OC)N(c2c(O)cccc2C#N)COC1. The standard InChI is InChI=1S/C15H14N2O6/c1-21-14(19)10-7-23-8-17(13(10)15(20)22-2)12-9(6-16)4-3-5-11(12)18/h3-5,18H,7-8H2,1-2H3. The molecule has 0 saturated carbocycles. The highest BCUT2D eigenvalue weighted by molar-refractivity contribution is 6.04. The molecule has 1 aromatic rings. The second kappa shape index (κ2) is 6.81. The van der Waals surface area contributed by atoms with Gasteiger partial charge < -0.3 is 24.2 Å². The molecule has 0 unspecified atom stereocenters. The van der Waals surface area contributed by atoms with Crippen molar-refractivity contribution in [3.8, 4) is 11.8 Å². The van der Waals surface area contributed by atoms with Crippen LogP contribution in [-0.4, -0.2) is 44.6 Å². The Labute approximate surface area is 132 Å². The monoisotopic (exact) mass is 318 g/mol. The first-order valence-corrected chi connectivity index (χ1v) is 6.52. The molecule has 0 bridgehead atoms. The van der Waals surface area contributed by atoms with E-state index < -0.39 is 11.9 Å². The summed E-state index contributed by atoms with van der Waals surface area (Å²) in [6.07, 6.45) is 0. The van der Waals surface area contributed by atoms with Crippen LogP contribution in [0.15, 0.2) is 29.5 Å². The van der Waals surface area contributed by atoms with E-state index >= 15 is 0 Å². The van der Waals surface area contributed by atoms with Crippen molar-refractivity contribution in [1.29, 1.82) is 5.26 Å². The van der Waals surface area contributed by atoms with Crippen molar-refractivity contribution in [2.75, 3.05) is 32.5 Å². The Morgan fingerprint density at radius 3 is 2.61 bits per heavy atom. The number of para-hydroxylation sites is 1. The Morgan fingerprint density at radius 1 is 1.30 bits per heavy atom. The van der Waals surface area contributed by atoms with Crippen LogP contribution in [0.5, 0.6) is 5.75 Å². The highest BCUT2D eigenvalue weighted by Crippen LogP contribution is 2.36. The van der Waals surface area contributed by atoms with Crippen molar-refractivity contribution in [2.24, 2.45) is 0 Å². The molecule has 8 heteroatoms. The summed E-state index contributed by atoms with van der Waals surface area (Å²) in [4.78, 5) is 25.3. The second-order valence-electron chi connectivity index (χ2n) is 4.50. The van der Waals surface area contributed by atoms with Gasteiger partial charge in [-0.2, -0.15) is 5.26 Å². The number of hydrogen-bond donors (Lipinski definition) is 1. The van der Waals surface area contributed by atoms with Crippen LogP contribution in [0.25, 0.3) is 0 Å². The first-order chi connectivity index (χ1) is 11.0. The van der Waals surface area contributed by atoms with Gasteiger partial charge in [0, 0.05) is 0 Å². The molecule has 0 aliphatic carbocycles. The van der Waals surface area contributed by atoms with Gasteiger partial charge in [0.1, 0.15) is 29.9 Å². The van der Waals surface area contributed by atoms with Crippen molar-refractivity contribution >= 4 is 17.6 Å². The fourth-order valence-corrected chi connectivity index (χ4v) is 2.23. The molecule has 0 saturated heterocycles. The van der Waals surface area contributed by atoms with E-state index in [1.165, 1.54) is 30.2 Å². The molecule has 2 rings (SSSR count). The van der Waals surface area contributed by atoms with Gasteiger partial charge in [-0.25, -0.2) is 9.59 Å². The summed E-state index contributed by atoms with van der Waals surface area (Å²) in [6, 6.07) is 6.24. The molecular weight excluding hydrogens is 304 g/mol. The summed E-state index contributed by atoms with van der Waals surface area (Å²) in [7, 11) is 2.33. The zero-order chi connectivity index (χ0) is 17.0. The number of aromatic hydroxyl groups is 1. The van der Waals surface area contributed by atoms with Crippen LogP contribution < -0.4 is 4.90 Å². The van der Waals surface area contributed by atoms with E-state index in [9.17, 15) is 20.0 Å². The van der Waals surface area contributed by atoms with E-state index in [1.54, 1.807) is 0 Å². The number of benzene rings is 1. The van der Waals surface area contributed by atoms with Crippen molar-refractivity contribution in [3.63, 3.8) is 0 Å². The molecule has 0 aromatic heterocycles. The first kappa shape index (κ1) is 16.3. The lowest BCUT2D eigenvalue weighted by atomic mass is 10.1. The number of phenols is 1. The first-order valence-electron chi connectivity index (χ1n) is 6.52. The van der Waals surface area contributed by atoms with Crippen LogP contribution in [0.4, 0.5) is 5.69 Å². The fraction of sp³-hybridized carbons (Fsp3) is 0.267. The minimum Gasteiger partial charge on any atom is -0.506 e. The molecule has 0 spiro atoms. The summed E-state index contributed by atoms with van der Waals surface area (Å²) in [5, 5.41) is 19.3. The molecule has 1 aliphatic rings. The highest BCUT2D eigenvalue weighted by atomic mass is 16.5. The molecule has 120 valence electrons. The number of nitriles is 1. The van der Waals surface area contributed by atoms with Gasteiger partial charge in [-0.05, 0) is 12.1 Å². The second-order valence-corrected chi connectivity index (χ2v) is 4.50. The van der Waals surface area contributed by atoms with Crippen LogP contribution >= 0.6 is 0 Å². The smallest absolute Gasteiger partial charge is 0.355 e. The van der Waals surface area contributed by atoms with Crippen LogP contribution in [0.2, 0.25) is 0 Å². The van der Waals surface area contributed by atoms with E-state index in [-0.39, 0.29) is 41.6 Å². The topological polar surface area (TPSA) is 109 Å². The number of anilines is 1. The van der Waals surface area contributed by atoms with Crippen LogP contribution in [0.3, 0.4) is 0 Å². The molecule has 23 heavy (non-hydrogen) atoms. The summed E-state index contributed by atoms with van der Waals surface area (Å²) in [5.41, 5.74) is -0.0287. The maximum atomic E-state index is 12.1. The molecule has 1 aliphatic heterocycles. The molecule has 0 radical (unpaired) electrons. The zero-order valence-corrected chi connectivity index (χ0v) is 12.5. The number of carbonyl (C=O) groups excluding carboxylic acids is 2. The van der Waals surface area contributed by atoms with Gasteiger partial charge in [0.15, 0.2) is 0 Å². The quantitative estimate of drug-likeness (QED) is 0.809. The molecule has 8 nitrogen and oxygen atoms in total. The Morgan fingerprint density at radius 2 is 2.00 bits per heavy atom. The Balaban J connectivity index is 2.68. The minimum atomic E-state index is -0.805. The lowest BCUT2D eigenvalue weighted by Gasteiger charge is -2.32. The third-order valence-electron chi connectivity index (χ3n) is 3.24. The normalized spacial score (nSPS) is 14.2. The largest absolute Gasteiger partial charge is 0.506 e. The summed E-state index contributed by atoms with van der Waals surface area (Å²) >= 11 is 0. The van der Waals surface area contributed by atoms with Crippen molar-refractivity contribution in [2.45, 2.75) is 0 Å². The van der Waals surface area contributed by atoms with Crippen LogP contribution in [0, 0.1) is 11.3 Å².